The highest BCUT2D eigenvalue weighted by Gasteiger charge is 2.11. The topological polar surface area (TPSA) is 64.6 Å². The number of nitrogens with one attached hydrogen (secondary N) is 1. The lowest BCUT2D eigenvalue weighted by Crippen LogP contribution is -2.22. The van der Waals surface area contributed by atoms with Gasteiger partial charge >= 0.3 is 11.9 Å². The lowest BCUT2D eigenvalue weighted by atomic mass is 10.3. The first-order valence-electron chi connectivity index (χ1n) is 6.25. The van der Waals surface area contributed by atoms with Crippen molar-refractivity contribution in [3.8, 4) is 0 Å². The van der Waals surface area contributed by atoms with E-state index in [1.807, 2.05) is 0 Å². The summed E-state index contributed by atoms with van der Waals surface area (Å²) in [6.45, 7) is 7.70. The number of alkyl halides is 1. The summed E-state index contributed by atoms with van der Waals surface area (Å²) in [6, 6.07) is 0. The fraction of sp³-hybridized carbons (Fsp3) is 0.692. The van der Waals surface area contributed by atoms with E-state index in [0.717, 1.165) is 0 Å². The summed E-state index contributed by atoms with van der Waals surface area (Å²) < 4.78 is 10.0. The Morgan fingerprint density at radius 1 is 1.16 bits per heavy atom. The molecule has 0 aliphatic carbocycles. The maximum atomic E-state index is 11.6. The van der Waals surface area contributed by atoms with Crippen LogP contribution in [0.2, 0.25) is 0 Å². The first-order chi connectivity index (χ1) is 8.85. The second-order valence-electron chi connectivity index (χ2n) is 4.49. The Labute approximate surface area is 122 Å². The summed E-state index contributed by atoms with van der Waals surface area (Å²) in [5.41, 5.74) is 0.496. The van der Waals surface area contributed by atoms with Crippen LogP contribution in [0.3, 0.4) is 0 Å². The number of rotatable bonds is 8. The minimum Gasteiger partial charge on any atom is -0.463 e. The van der Waals surface area contributed by atoms with Crippen LogP contribution in [-0.4, -0.2) is 36.0 Å². The van der Waals surface area contributed by atoms with E-state index in [9.17, 15) is 9.59 Å². The average molecular weight is 336 g/mol. The highest BCUT2D eigenvalue weighted by molar-refractivity contribution is 9.09. The summed E-state index contributed by atoms with van der Waals surface area (Å²) in [5, 5.41) is 3.70. The third-order valence-electron chi connectivity index (χ3n) is 1.79. The number of esters is 2. The molecule has 0 aliphatic heterocycles. The van der Waals surface area contributed by atoms with Gasteiger partial charge in [0.15, 0.2) is 0 Å². The lowest BCUT2D eigenvalue weighted by Gasteiger charge is -2.12. The number of halogens is 1. The molecule has 0 heterocycles. The Hall–Kier alpha value is -1.04. The minimum absolute atomic E-state index is 0.0262. The molecule has 0 fully saturated rings. The summed E-state index contributed by atoms with van der Waals surface area (Å²) in [4.78, 5) is 23.1. The Morgan fingerprint density at radius 2 is 1.74 bits per heavy atom. The number of hydrogen-bond acceptors (Lipinski definition) is 5. The SMILES string of the molecule is CC(C)OC(=O)C=C(CC(=O)OC(C)C)NCCBr. The van der Waals surface area contributed by atoms with Crippen LogP contribution >= 0.6 is 15.9 Å². The van der Waals surface area contributed by atoms with Crippen molar-refractivity contribution in [3.63, 3.8) is 0 Å². The first kappa shape index (κ1) is 18.0. The standard InChI is InChI=1S/C13H22BrNO4/c1-9(2)18-12(16)7-11(15-6-5-14)8-13(17)19-10(3)4/h7,9-10,15H,5-6,8H2,1-4H3. The molecule has 0 aromatic rings. The van der Waals surface area contributed by atoms with Gasteiger partial charge in [-0.1, -0.05) is 15.9 Å². The van der Waals surface area contributed by atoms with Crippen LogP contribution in [0.5, 0.6) is 0 Å². The zero-order valence-corrected chi connectivity index (χ0v) is 13.5. The van der Waals surface area contributed by atoms with Gasteiger partial charge in [0, 0.05) is 23.6 Å². The van der Waals surface area contributed by atoms with Crippen molar-refractivity contribution in [2.45, 2.75) is 46.3 Å². The predicted octanol–water partition coefficient (Wildman–Crippen LogP) is 2.15. The first-order valence-corrected chi connectivity index (χ1v) is 7.37. The van der Waals surface area contributed by atoms with Gasteiger partial charge in [0.25, 0.3) is 0 Å². The van der Waals surface area contributed by atoms with E-state index in [4.69, 9.17) is 9.47 Å². The second-order valence-corrected chi connectivity index (χ2v) is 5.28. The van der Waals surface area contributed by atoms with Crippen LogP contribution in [-0.2, 0) is 19.1 Å². The van der Waals surface area contributed by atoms with Gasteiger partial charge in [-0.2, -0.15) is 0 Å². The molecule has 0 aliphatic rings. The summed E-state index contributed by atoms with van der Waals surface area (Å²) in [5.74, 6) is -0.843. The normalized spacial score (nSPS) is 11.6. The number of carbonyl (C=O) groups excluding carboxylic acids is 2. The Kier molecular flexibility index (Phi) is 9.30. The van der Waals surface area contributed by atoms with E-state index in [-0.39, 0.29) is 24.6 Å². The van der Waals surface area contributed by atoms with E-state index < -0.39 is 5.97 Å². The lowest BCUT2D eigenvalue weighted by molar-refractivity contribution is -0.146. The molecule has 0 amide bonds. The Bertz CT molecular complexity index is 327. The molecule has 110 valence electrons. The highest BCUT2D eigenvalue weighted by atomic mass is 79.9. The smallest absolute Gasteiger partial charge is 0.332 e. The molecule has 0 rings (SSSR count). The van der Waals surface area contributed by atoms with Crippen LogP contribution in [0, 0.1) is 0 Å². The molecule has 0 aromatic heterocycles. The van der Waals surface area contributed by atoms with E-state index in [1.165, 1.54) is 6.08 Å². The van der Waals surface area contributed by atoms with Gasteiger partial charge < -0.3 is 14.8 Å². The van der Waals surface area contributed by atoms with Crippen molar-refractivity contribution < 1.29 is 19.1 Å². The van der Waals surface area contributed by atoms with Gasteiger partial charge in [0.1, 0.15) is 0 Å². The van der Waals surface area contributed by atoms with Crippen LogP contribution in [0.1, 0.15) is 34.1 Å². The quantitative estimate of drug-likeness (QED) is 0.418. The van der Waals surface area contributed by atoms with Crippen LogP contribution in [0.25, 0.3) is 0 Å². The molecule has 0 atom stereocenters. The van der Waals surface area contributed by atoms with Crippen LogP contribution < -0.4 is 5.32 Å². The van der Waals surface area contributed by atoms with E-state index in [1.54, 1.807) is 27.7 Å². The molecular weight excluding hydrogens is 314 g/mol. The molecule has 0 bridgehead atoms. The van der Waals surface area contributed by atoms with Crippen molar-refractivity contribution in [3.05, 3.63) is 11.8 Å². The Morgan fingerprint density at radius 3 is 2.21 bits per heavy atom. The van der Waals surface area contributed by atoms with Gasteiger partial charge in [-0.3, -0.25) is 4.79 Å². The van der Waals surface area contributed by atoms with E-state index >= 15 is 0 Å². The number of hydrogen-bond donors (Lipinski definition) is 1. The zero-order valence-electron chi connectivity index (χ0n) is 11.9. The third-order valence-corrected chi connectivity index (χ3v) is 2.19. The van der Waals surface area contributed by atoms with E-state index in [2.05, 4.69) is 21.2 Å². The zero-order chi connectivity index (χ0) is 14.8. The average Bonchev–Trinajstić information content (AvgIpc) is 2.23. The van der Waals surface area contributed by atoms with Gasteiger partial charge in [-0.05, 0) is 27.7 Å². The molecule has 0 aromatic carbocycles. The second kappa shape index (κ2) is 9.83. The van der Waals surface area contributed by atoms with Crippen molar-refractivity contribution in [1.82, 2.24) is 5.32 Å². The van der Waals surface area contributed by atoms with E-state index in [0.29, 0.717) is 17.6 Å². The summed E-state index contributed by atoms with van der Waals surface area (Å²) in [7, 11) is 0. The van der Waals surface area contributed by atoms with Crippen molar-refractivity contribution in [2.75, 3.05) is 11.9 Å². The summed E-state index contributed by atoms with van der Waals surface area (Å²) >= 11 is 3.27. The molecule has 1 N–H and O–H groups in total. The van der Waals surface area contributed by atoms with Crippen molar-refractivity contribution in [1.29, 1.82) is 0 Å². The van der Waals surface area contributed by atoms with Crippen molar-refractivity contribution >= 4 is 27.9 Å². The summed E-state index contributed by atoms with van der Waals surface area (Å²) in [6.07, 6.45) is 0.958. The Balaban J connectivity index is 4.56. The highest BCUT2D eigenvalue weighted by Crippen LogP contribution is 2.04. The molecule has 5 nitrogen and oxygen atoms in total. The fourth-order valence-electron chi connectivity index (χ4n) is 1.24. The molecule has 0 unspecified atom stereocenters. The monoisotopic (exact) mass is 335 g/mol. The molecular formula is C13H22BrNO4. The number of ether oxygens (including phenoxy) is 2. The largest absolute Gasteiger partial charge is 0.463 e. The van der Waals surface area contributed by atoms with Gasteiger partial charge in [0.05, 0.1) is 18.6 Å². The predicted molar refractivity (Wildman–Crippen MR) is 77.0 cm³/mol. The van der Waals surface area contributed by atoms with Gasteiger partial charge in [-0.25, -0.2) is 4.79 Å². The van der Waals surface area contributed by atoms with Crippen molar-refractivity contribution in [2.24, 2.45) is 0 Å². The maximum absolute atomic E-state index is 11.6. The van der Waals surface area contributed by atoms with Gasteiger partial charge in [-0.15, -0.1) is 0 Å². The van der Waals surface area contributed by atoms with Crippen LogP contribution in [0.15, 0.2) is 11.8 Å². The molecule has 0 saturated heterocycles. The maximum Gasteiger partial charge on any atom is 0.332 e. The molecule has 6 heteroatoms. The molecule has 0 saturated carbocycles. The third kappa shape index (κ3) is 10.6. The van der Waals surface area contributed by atoms with Crippen LogP contribution in [0.4, 0.5) is 0 Å². The number of carbonyl (C=O) groups is 2. The molecule has 19 heavy (non-hydrogen) atoms. The molecule has 0 radical (unpaired) electrons. The molecule has 0 spiro atoms. The minimum atomic E-state index is -0.468. The fourth-order valence-corrected chi connectivity index (χ4v) is 1.44. The van der Waals surface area contributed by atoms with Gasteiger partial charge in [0.2, 0.25) is 0 Å².